The summed E-state index contributed by atoms with van der Waals surface area (Å²) >= 11 is 5.64. The number of thiocarbonyl (C=S) groups is 1. The van der Waals surface area contributed by atoms with Gasteiger partial charge < -0.3 is 15.0 Å². The summed E-state index contributed by atoms with van der Waals surface area (Å²) in [5.74, 6) is 0. The summed E-state index contributed by atoms with van der Waals surface area (Å²) in [5.41, 5.74) is 1.05. The number of hydrogen-bond donors (Lipinski definition) is 1. The van der Waals surface area contributed by atoms with Gasteiger partial charge in [-0.3, -0.25) is 9.88 Å². The fourth-order valence-corrected chi connectivity index (χ4v) is 3.01. The van der Waals surface area contributed by atoms with Crippen LogP contribution in [0.4, 0.5) is 0 Å². The molecule has 134 valence electrons. The maximum atomic E-state index is 5.64. The van der Waals surface area contributed by atoms with E-state index < -0.39 is 0 Å². The molecule has 0 aromatic carbocycles. The summed E-state index contributed by atoms with van der Waals surface area (Å²) in [6, 6.07) is 6.42. The predicted molar refractivity (Wildman–Crippen MR) is 102 cm³/mol. The van der Waals surface area contributed by atoms with Gasteiger partial charge in [-0.15, -0.1) is 0 Å². The van der Waals surface area contributed by atoms with Crippen molar-refractivity contribution in [3.8, 4) is 0 Å². The third kappa shape index (κ3) is 6.71. The van der Waals surface area contributed by atoms with Crippen LogP contribution < -0.4 is 5.32 Å². The van der Waals surface area contributed by atoms with E-state index in [0.29, 0.717) is 6.04 Å². The van der Waals surface area contributed by atoms with Gasteiger partial charge in [0, 0.05) is 38.4 Å². The number of hydrogen-bond acceptors (Lipinski definition) is 4. The zero-order chi connectivity index (χ0) is 17.2. The van der Waals surface area contributed by atoms with Crippen LogP contribution in [-0.2, 0) is 11.3 Å². The minimum Gasteiger partial charge on any atom is -0.379 e. The molecule has 2 heterocycles. The highest BCUT2D eigenvalue weighted by molar-refractivity contribution is 7.80. The van der Waals surface area contributed by atoms with Crippen molar-refractivity contribution in [2.45, 2.75) is 39.3 Å². The number of ether oxygens (including phenoxy) is 1. The average molecular weight is 351 g/mol. The van der Waals surface area contributed by atoms with E-state index >= 15 is 0 Å². The highest BCUT2D eigenvalue weighted by atomic mass is 32.1. The molecular weight excluding hydrogens is 320 g/mol. The van der Waals surface area contributed by atoms with Gasteiger partial charge in [-0.1, -0.05) is 13.0 Å². The molecule has 0 aliphatic carbocycles. The molecule has 0 saturated carbocycles. The molecule has 2 rings (SSSR count). The molecule has 24 heavy (non-hydrogen) atoms. The summed E-state index contributed by atoms with van der Waals surface area (Å²) in [6.07, 6.45) is 3.99. The number of aromatic nitrogens is 1. The minimum atomic E-state index is 0.392. The fraction of sp³-hybridized carbons (Fsp3) is 0.667. The van der Waals surface area contributed by atoms with Crippen molar-refractivity contribution in [3.05, 3.63) is 30.1 Å². The zero-order valence-corrected chi connectivity index (χ0v) is 15.7. The van der Waals surface area contributed by atoms with Crippen molar-refractivity contribution in [3.63, 3.8) is 0 Å². The van der Waals surface area contributed by atoms with Crippen LogP contribution in [0.1, 0.15) is 32.4 Å². The maximum Gasteiger partial charge on any atom is 0.169 e. The second kappa shape index (κ2) is 10.6. The molecule has 0 spiro atoms. The summed E-state index contributed by atoms with van der Waals surface area (Å²) in [5, 5.41) is 4.26. The van der Waals surface area contributed by atoms with Crippen LogP contribution in [0.5, 0.6) is 0 Å². The van der Waals surface area contributed by atoms with Crippen molar-refractivity contribution < 1.29 is 4.74 Å². The number of nitrogens with zero attached hydrogens (tertiary/aromatic N) is 3. The van der Waals surface area contributed by atoms with Crippen LogP contribution >= 0.6 is 12.2 Å². The van der Waals surface area contributed by atoms with Gasteiger partial charge in [-0.2, -0.15) is 0 Å². The molecule has 0 radical (unpaired) electrons. The van der Waals surface area contributed by atoms with E-state index in [1.54, 1.807) is 0 Å². The van der Waals surface area contributed by atoms with E-state index in [1.165, 1.54) is 0 Å². The van der Waals surface area contributed by atoms with Crippen LogP contribution in [0.25, 0.3) is 0 Å². The quantitative estimate of drug-likeness (QED) is 0.726. The lowest BCUT2D eigenvalue weighted by molar-refractivity contribution is 0.0367. The minimum absolute atomic E-state index is 0.392. The van der Waals surface area contributed by atoms with Crippen molar-refractivity contribution >= 4 is 17.3 Å². The highest BCUT2D eigenvalue weighted by Gasteiger charge is 2.14. The van der Waals surface area contributed by atoms with Gasteiger partial charge in [-0.25, -0.2) is 0 Å². The Kier molecular flexibility index (Phi) is 8.42. The van der Waals surface area contributed by atoms with Gasteiger partial charge in [0.25, 0.3) is 0 Å². The Morgan fingerprint density at radius 1 is 1.42 bits per heavy atom. The SMILES string of the molecule is CCC(C)NC(=S)N(CCCN1CCOCC1)Cc1ccccn1. The van der Waals surface area contributed by atoms with Crippen molar-refractivity contribution in [2.75, 3.05) is 39.4 Å². The molecule has 1 saturated heterocycles. The number of morpholine rings is 1. The maximum absolute atomic E-state index is 5.64. The normalized spacial score (nSPS) is 16.6. The Bertz CT molecular complexity index is 479. The number of nitrogens with one attached hydrogen (secondary N) is 1. The smallest absolute Gasteiger partial charge is 0.169 e. The van der Waals surface area contributed by atoms with Crippen molar-refractivity contribution in [1.82, 2.24) is 20.1 Å². The van der Waals surface area contributed by atoms with E-state index in [9.17, 15) is 0 Å². The number of pyridine rings is 1. The first-order chi connectivity index (χ1) is 11.7. The molecule has 1 aliphatic heterocycles. The topological polar surface area (TPSA) is 40.6 Å². The van der Waals surface area contributed by atoms with E-state index in [-0.39, 0.29) is 0 Å². The first-order valence-electron chi connectivity index (χ1n) is 8.94. The van der Waals surface area contributed by atoms with Crippen LogP contribution in [0, 0.1) is 0 Å². The first kappa shape index (κ1) is 19.1. The molecule has 1 atom stereocenters. The second-order valence-corrected chi connectivity index (χ2v) is 6.70. The molecular formula is C18H30N4OS. The zero-order valence-electron chi connectivity index (χ0n) is 14.9. The lowest BCUT2D eigenvalue weighted by Gasteiger charge is -2.30. The standard InChI is InChI=1S/C18H30N4OS/c1-3-16(2)20-18(24)22(15-17-7-4-5-8-19-17)10-6-9-21-11-13-23-14-12-21/h4-5,7-8,16H,3,6,9-15H2,1-2H3,(H,20,24). The van der Waals surface area contributed by atoms with E-state index in [0.717, 1.165) is 69.6 Å². The van der Waals surface area contributed by atoms with E-state index in [4.69, 9.17) is 17.0 Å². The fourth-order valence-electron chi connectivity index (χ4n) is 2.65. The van der Waals surface area contributed by atoms with Crippen LogP contribution in [-0.4, -0.2) is 65.3 Å². The van der Waals surface area contributed by atoms with Gasteiger partial charge >= 0.3 is 0 Å². The van der Waals surface area contributed by atoms with Gasteiger partial charge in [0.2, 0.25) is 0 Å². The summed E-state index contributed by atoms with van der Waals surface area (Å²) in [7, 11) is 0. The lowest BCUT2D eigenvalue weighted by atomic mass is 10.2. The highest BCUT2D eigenvalue weighted by Crippen LogP contribution is 2.06. The monoisotopic (exact) mass is 350 g/mol. The molecule has 0 amide bonds. The predicted octanol–water partition coefficient (Wildman–Crippen LogP) is 2.28. The Morgan fingerprint density at radius 2 is 2.21 bits per heavy atom. The third-order valence-electron chi connectivity index (χ3n) is 4.35. The molecule has 6 heteroatoms. The second-order valence-electron chi connectivity index (χ2n) is 6.31. The average Bonchev–Trinajstić information content (AvgIpc) is 2.62. The molecule has 1 unspecified atom stereocenters. The van der Waals surface area contributed by atoms with Crippen LogP contribution in [0.2, 0.25) is 0 Å². The summed E-state index contributed by atoms with van der Waals surface area (Å²) < 4.78 is 5.41. The Labute approximate surface area is 151 Å². The number of rotatable bonds is 8. The van der Waals surface area contributed by atoms with E-state index in [1.807, 2.05) is 18.3 Å². The Balaban J connectivity index is 1.87. The molecule has 1 aromatic heterocycles. The Morgan fingerprint density at radius 3 is 2.88 bits per heavy atom. The van der Waals surface area contributed by atoms with Gasteiger partial charge in [0.15, 0.2) is 5.11 Å². The largest absolute Gasteiger partial charge is 0.379 e. The van der Waals surface area contributed by atoms with Gasteiger partial charge in [-0.05, 0) is 44.1 Å². The van der Waals surface area contributed by atoms with Gasteiger partial charge in [0.05, 0.1) is 25.5 Å². The molecule has 1 aromatic rings. The summed E-state index contributed by atoms with van der Waals surface area (Å²) in [4.78, 5) is 9.15. The molecule has 1 aliphatic rings. The van der Waals surface area contributed by atoms with Gasteiger partial charge in [0.1, 0.15) is 0 Å². The third-order valence-corrected chi connectivity index (χ3v) is 4.73. The van der Waals surface area contributed by atoms with E-state index in [2.05, 4.69) is 40.0 Å². The molecule has 0 bridgehead atoms. The lowest BCUT2D eigenvalue weighted by Crippen LogP contribution is -2.44. The van der Waals surface area contributed by atoms with Crippen LogP contribution in [0.3, 0.4) is 0 Å². The summed E-state index contributed by atoms with van der Waals surface area (Å²) in [6.45, 7) is 10.9. The molecule has 1 N–H and O–H groups in total. The molecule has 1 fully saturated rings. The molecule has 5 nitrogen and oxygen atoms in total. The van der Waals surface area contributed by atoms with Crippen molar-refractivity contribution in [2.24, 2.45) is 0 Å². The van der Waals surface area contributed by atoms with Crippen molar-refractivity contribution in [1.29, 1.82) is 0 Å². The Hall–Kier alpha value is -1.24. The first-order valence-corrected chi connectivity index (χ1v) is 9.35. The van der Waals surface area contributed by atoms with Crippen LogP contribution in [0.15, 0.2) is 24.4 Å².